The van der Waals surface area contributed by atoms with Gasteiger partial charge >= 0.3 is 0 Å². The molecule has 1 atom stereocenters. The third kappa shape index (κ3) is 2.05. The molecule has 1 unspecified atom stereocenters. The van der Waals surface area contributed by atoms with Crippen LogP contribution in [-0.2, 0) is 4.79 Å². The van der Waals surface area contributed by atoms with Crippen LogP contribution in [0.15, 0.2) is 24.3 Å². The van der Waals surface area contributed by atoms with E-state index in [0.29, 0.717) is 12.1 Å². The molecule has 0 bridgehead atoms. The van der Waals surface area contributed by atoms with Gasteiger partial charge in [0.05, 0.1) is 12.6 Å². The topological polar surface area (TPSA) is 52.6 Å². The first-order valence-electron chi connectivity index (χ1n) is 5.14. The zero-order chi connectivity index (χ0) is 11.5. The molecule has 1 aromatic carbocycles. The molecule has 5 heteroatoms. The lowest BCUT2D eigenvalue weighted by Crippen LogP contribution is -2.37. The first-order valence-corrected chi connectivity index (χ1v) is 5.14. The second-order valence-electron chi connectivity index (χ2n) is 3.69. The van der Waals surface area contributed by atoms with E-state index in [1.54, 1.807) is 23.2 Å². The molecular weight excluding hydrogens is 211 g/mol. The number of nitrogens with one attached hydrogen (secondary N) is 1. The average molecular weight is 224 g/mol. The van der Waals surface area contributed by atoms with E-state index in [1.165, 1.54) is 6.07 Å². The third-order valence-corrected chi connectivity index (χ3v) is 2.63. The minimum Gasteiger partial charge on any atom is -0.395 e. The molecule has 0 aliphatic carbocycles. The summed E-state index contributed by atoms with van der Waals surface area (Å²) < 4.78 is 13.6. The van der Waals surface area contributed by atoms with Crippen LogP contribution >= 0.6 is 0 Å². The molecule has 2 rings (SSSR count). The van der Waals surface area contributed by atoms with E-state index in [-0.39, 0.29) is 30.8 Å². The molecule has 1 aliphatic rings. The highest BCUT2D eigenvalue weighted by Gasteiger charge is 2.32. The van der Waals surface area contributed by atoms with Crippen LogP contribution in [0.5, 0.6) is 0 Å². The number of aliphatic hydroxyl groups excluding tert-OH is 1. The molecule has 2 N–H and O–H groups in total. The number of rotatable bonds is 3. The van der Waals surface area contributed by atoms with Crippen molar-refractivity contribution in [2.75, 3.05) is 13.2 Å². The predicted octanol–water partition coefficient (Wildman–Crippen LogP) is 0.596. The second kappa shape index (κ2) is 4.59. The normalized spacial score (nSPS) is 21.1. The van der Waals surface area contributed by atoms with Gasteiger partial charge in [-0.15, -0.1) is 0 Å². The molecule has 0 saturated carbocycles. The Labute approximate surface area is 92.7 Å². The zero-order valence-corrected chi connectivity index (χ0v) is 8.69. The number of halogens is 1. The van der Waals surface area contributed by atoms with Crippen LogP contribution < -0.4 is 5.43 Å². The van der Waals surface area contributed by atoms with Crippen molar-refractivity contribution >= 4 is 5.91 Å². The van der Waals surface area contributed by atoms with Crippen LogP contribution in [0.3, 0.4) is 0 Å². The van der Waals surface area contributed by atoms with Crippen LogP contribution in [0.2, 0.25) is 0 Å². The SMILES string of the molecule is O=C1CC(c2ccccc2F)N(CCO)N1. The lowest BCUT2D eigenvalue weighted by atomic mass is 10.0. The molecule has 0 aromatic heterocycles. The van der Waals surface area contributed by atoms with Crippen LogP contribution in [0.4, 0.5) is 4.39 Å². The van der Waals surface area contributed by atoms with Crippen molar-refractivity contribution < 1.29 is 14.3 Å². The molecule has 16 heavy (non-hydrogen) atoms. The van der Waals surface area contributed by atoms with Gasteiger partial charge in [-0.3, -0.25) is 10.2 Å². The zero-order valence-electron chi connectivity index (χ0n) is 8.69. The Kier molecular flexibility index (Phi) is 3.17. The highest BCUT2D eigenvalue weighted by atomic mass is 19.1. The Hall–Kier alpha value is -1.46. The van der Waals surface area contributed by atoms with Gasteiger partial charge in [0.1, 0.15) is 5.82 Å². The first kappa shape index (κ1) is 11.0. The first-order chi connectivity index (χ1) is 7.72. The Morgan fingerprint density at radius 3 is 2.94 bits per heavy atom. The Bertz CT molecular complexity index is 397. The number of aliphatic hydroxyl groups is 1. The van der Waals surface area contributed by atoms with Crippen molar-refractivity contribution in [3.05, 3.63) is 35.6 Å². The summed E-state index contributed by atoms with van der Waals surface area (Å²) in [6.45, 7) is 0.218. The molecule has 1 saturated heterocycles. The summed E-state index contributed by atoms with van der Waals surface area (Å²) in [7, 11) is 0. The van der Waals surface area contributed by atoms with Gasteiger partial charge in [0, 0.05) is 18.5 Å². The molecule has 1 aliphatic heterocycles. The highest BCUT2D eigenvalue weighted by Crippen LogP contribution is 2.28. The molecule has 1 aromatic rings. The van der Waals surface area contributed by atoms with Gasteiger partial charge in [-0.05, 0) is 6.07 Å². The average Bonchev–Trinajstić information content (AvgIpc) is 2.61. The standard InChI is InChI=1S/C11H13FN2O2/c12-9-4-2-1-3-8(9)10-7-11(16)13-14(10)5-6-15/h1-4,10,15H,5-7H2,(H,13,16). The third-order valence-electron chi connectivity index (χ3n) is 2.63. The predicted molar refractivity (Wildman–Crippen MR) is 55.7 cm³/mol. The van der Waals surface area contributed by atoms with Crippen molar-refractivity contribution in [3.8, 4) is 0 Å². The maximum atomic E-state index is 13.6. The van der Waals surface area contributed by atoms with Crippen LogP contribution in [0.25, 0.3) is 0 Å². The lowest BCUT2D eigenvalue weighted by Gasteiger charge is -2.22. The Morgan fingerprint density at radius 1 is 1.50 bits per heavy atom. The summed E-state index contributed by atoms with van der Waals surface area (Å²) >= 11 is 0. The highest BCUT2D eigenvalue weighted by molar-refractivity contribution is 5.78. The van der Waals surface area contributed by atoms with Gasteiger partial charge in [-0.2, -0.15) is 0 Å². The van der Waals surface area contributed by atoms with E-state index < -0.39 is 0 Å². The molecule has 1 fully saturated rings. The fourth-order valence-corrected chi connectivity index (χ4v) is 1.91. The fourth-order valence-electron chi connectivity index (χ4n) is 1.91. The quantitative estimate of drug-likeness (QED) is 0.790. The number of benzene rings is 1. The van der Waals surface area contributed by atoms with E-state index in [0.717, 1.165) is 0 Å². The van der Waals surface area contributed by atoms with Crippen molar-refractivity contribution in [1.29, 1.82) is 0 Å². The van der Waals surface area contributed by atoms with Crippen LogP contribution in [-0.4, -0.2) is 29.2 Å². The summed E-state index contributed by atoms with van der Waals surface area (Å²) in [5.41, 5.74) is 3.08. The maximum absolute atomic E-state index is 13.6. The molecule has 1 heterocycles. The number of hydrogen-bond acceptors (Lipinski definition) is 3. The number of carbonyl (C=O) groups excluding carboxylic acids is 1. The van der Waals surface area contributed by atoms with Crippen molar-refractivity contribution in [2.24, 2.45) is 0 Å². The summed E-state index contributed by atoms with van der Waals surface area (Å²) in [4.78, 5) is 11.3. The number of amides is 1. The molecule has 0 radical (unpaired) electrons. The van der Waals surface area contributed by atoms with Crippen molar-refractivity contribution in [3.63, 3.8) is 0 Å². The Balaban J connectivity index is 2.25. The van der Waals surface area contributed by atoms with Crippen LogP contribution in [0.1, 0.15) is 18.0 Å². The van der Waals surface area contributed by atoms with Gasteiger partial charge in [0.2, 0.25) is 5.91 Å². The van der Waals surface area contributed by atoms with Gasteiger partial charge in [0.25, 0.3) is 0 Å². The van der Waals surface area contributed by atoms with Crippen molar-refractivity contribution in [1.82, 2.24) is 10.4 Å². The number of hydrazine groups is 1. The molecule has 86 valence electrons. The fraction of sp³-hybridized carbons (Fsp3) is 0.364. The van der Waals surface area contributed by atoms with Gasteiger partial charge in [-0.1, -0.05) is 18.2 Å². The largest absolute Gasteiger partial charge is 0.395 e. The molecule has 1 amide bonds. The summed E-state index contributed by atoms with van der Waals surface area (Å²) in [5.74, 6) is -0.478. The van der Waals surface area contributed by atoms with Crippen molar-refractivity contribution in [2.45, 2.75) is 12.5 Å². The Morgan fingerprint density at radius 2 is 2.25 bits per heavy atom. The monoisotopic (exact) mass is 224 g/mol. The molecule has 4 nitrogen and oxygen atoms in total. The van der Waals surface area contributed by atoms with Gasteiger partial charge < -0.3 is 5.11 Å². The number of nitrogens with zero attached hydrogens (tertiary/aromatic N) is 1. The van der Waals surface area contributed by atoms with E-state index >= 15 is 0 Å². The van der Waals surface area contributed by atoms with Gasteiger partial charge in [0.15, 0.2) is 0 Å². The number of β-amino-alcohol motifs (C(OH)–C–C–N with tert-alkyl or cyclic N) is 1. The van der Waals surface area contributed by atoms with E-state index in [1.807, 2.05) is 0 Å². The lowest BCUT2D eigenvalue weighted by molar-refractivity contribution is -0.121. The summed E-state index contributed by atoms with van der Waals surface area (Å²) in [5, 5.41) is 10.4. The minimum absolute atomic E-state index is 0.0781. The number of carbonyl (C=O) groups is 1. The van der Waals surface area contributed by atoms with E-state index in [2.05, 4.69) is 5.43 Å². The summed E-state index contributed by atoms with van der Waals surface area (Å²) in [6, 6.07) is 6.04. The maximum Gasteiger partial charge on any atom is 0.236 e. The minimum atomic E-state index is -0.333. The summed E-state index contributed by atoms with van der Waals surface area (Å²) in [6.07, 6.45) is 0.223. The van der Waals surface area contributed by atoms with E-state index in [9.17, 15) is 9.18 Å². The molecule has 0 spiro atoms. The van der Waals surface area contributed by atoms with Gasteiger partial charge in [-0.25, -0.2) is 9.40 Å². The second-order valence-corrected chi connectivity index (χ2v) is 3.69. The van der Waals surface area contributed by atoms with Crippen LogP contribution in [0, 0.1) is 5.82 Å². The smallest absolute Gasteiger partial charge is 0.236 e. The van der Waals surface area contributed by atoms with E-state index in [4.69, 9.17) is 5.11 Å². The molecular formula is C11H13FN2O2. The number of hydrogen-bond donors (Lipinski definition) is 2.